The maximum absolute atomic E-state index is 11.2. The number of sulfonamides is 1. The van der Waals surface area contributed by atoms with E-state index in [0.717, 1.165) is 19.3 Å². The van der Waals surface area contributed by atoms with Crippen molar-refractivity contribution in [3.63, 3.8) is 0 Å². The smallest absolute Gasteiger partial charge is 0.307 e. The second-order valence-electron chi connectivity index (χ2n) is 4.63. The first-order valence-corrected chi connectivity index (χ1v) is 9.50. The summed E-state index contributed by atoms with van der Waals surface area (Å²) in [7, 11) is -4.12. The van der Waals surface area contributed by atoms with Crippen molar-refractivity contribution in [1.29, 1.82) is 0 Å². The molecule has 0 fully saturated rings. The molecule has 0 saturated carbocycles. The summed E-state index contributed by atoms with van der Waals surface area (Å²) in [5.74, 6) is -0.365. The zero-order chi connectivity index (χ0) is 14.7. The van der Waals surface area contributed by atoms with Crippen LogP contribution in [-0.2, 0) is 21.3 Å². The Morgan fingerprint density at radius 3 is 1.79 bits per heavy atom. The van der Waals surface area contributed by atoms with E-state index in [0.29, 0.717) is 12.8 Å². The summed E-state index contributed by atoms with van der Waals surface area (Å²) < 4.78 is 41.3. The first-order valence-electron chi connectivity index (χ1n) is 6.77. The van der Waals surface area contributed by atoms with Crippen molar-refractivity contribution in [1.82, 2.24) is 0 Å². The topological polar surface area (TPSA) is 102 Å². The fourth-order valence-corrected chi connectivity index (χ4v) is 3.62. The fraction of sp³-hybridized carbons (Fsp3) is 1.00. The van der Waals surface area contributed by atoms with Crippen molar-refractivity contribution >= 4 is 21.3 Å². The van der Waals surface area contributed by atoms with E-state index in [2.05, 4.69) is 6.92 Å². The molecule has 0 rings (SSSR count). The number of hydrogen-bond donors (Lipinski definition) is 1. The standard InChI is InChI=1S/C11H25NO5S2/c1-2-3-4-5-6-7-8-9-10-11-19(16,17)12(13)18(14)15/h12H,2-11H2,1H3,(H,14,15)/p-1. The molecule has 0 amide bonds. The minimum absolute atomic E-state index is 0.347. The molecule has 116 valence electrons. The molecule has 19 heavy (non-hydrogen) atoms. The average Bonchev–Trinajstić information content (AvgIpc) is 2.35. The molecule has 2 atom stereocenters. The molecule has 1 N–H and O–H groups in total. The number of rotatable bonds is 12. The fourth-order valence-electron chi connectivity index (χ4n) is 1.79. The van der Waals surface area contributed by atoms with E-state index < -0.39 is 25.2 Å². The molecular weight excluding hydrogens is 290 g/mol. The minimum atomic E-state index is -4.12. The van der Waals surface area contributed by atoms with Crippen LogP contribution in [0.2, 0.25) is 0 Å². The van der Waals surface area contributed by atoms with Crippen LogP contribution in [0.3, 0.4) is 0 Å². The zero-order valence-electron chi connectivity index (χ0n) is 11.4. The van der Waals surface area contributed by atoms with Gasteiger partial charge in [-0.1, -0.05) is 58.3 Å². The van der Waals surface area contributed by atoms with Gasteiger partial charge in [0, 0.05) is 0 Å². The van der Waals surface area contributed by atoms with Crippen LogP contribution in [0.15, 0.2) is 0 Å². The third-order valence-corrected chi connectivity index (χ3v) is 5.68. The molecule has 0 aliphatic carbocycles. The molecule has 0 aromatic carbocycles. The van der Waals surface area contributed by atoms with Gasteiger partial charge in [0.2, 0.25) is 0 Å². The van der Waals surface area contributed by atoms with Crippen LogP contribution >= 0.6 is 0 Å². The van der Waals surface area contributed by atoms with Gasteiger partial charge in [-0.05, 0) is 6.42 Å². The van der Waals surface area contributed by atoms with Gasteiger partial charge in [0.05, 0.1) is 0 Å². The summed E-state index contributed by atoms with van der Waals surface area (Å²) in [5, 5.41) is 10.8. The lowest BCUT2D eigenvalue weighted by molar-refractivity contribution is -0.549. The Bertz CT molecular complexity index is 345. The van der Waals surface area contributed by atoms with E-state index in [1.165, 1.54) is 25.7 Å². The van der Waals surface area contributed by atoms with E-state index in [-0.39, 0.29) is 5.75 Å². The molecule has 6 nitrogen and oxygen atoms in total. The van der Waals surface area contributed by atoms with Crippen LogP contribution < -0.4 is 3.87 Å². The first kappa shape index (κ1) is 19.0. The lowest BCUT2D eigenvalue weighted by Gasteiger charge is -2.21. The molecule has 0 aliphatic heterocycles. The molecule has 8 heteroatoms. The minimum Gasteiger partial charge on any atom is -0.723 e. The number of quaternary nitrogens is 1. The van der Waals surface area contributed by atoms with E-state index >= 15 is 0 Å². The summed E-state index contributed by atoms with van der Waals surface area (Å²) in [6.07, 6.45) is 9.12. The molecule has 0 aliphatic rings. The molecule has 0 heterocycles. The Balaban J connectivity index is 3.56. The highest BCUT2D eigenvalue weighted by Gasteiger charge is 2.18. The maximum atomic E-state index is 11.2. The second-order valence-corrected chi connectivity index (χ2v) is 7.74. The molecule has 0 saturated heterocycles. The highest BCUT2D eigenvalue weighted by atomic mass is 32.3. The van der Waals surface area contributed by atoms with Crippen molar-refractivity contribution < 1.29 is 21.1 Å². The van der Waals surface area contributed by atoms with E-state index in [1.54, 1.807) is 0 Å². The maximum Gasteiger partial charge on any atom is 0.307 e. The summed E-state index contributed by atoms with van der Waals surface area (Å²) >= 11 is -3.17. The SMILES string of the molecule is CCCCCCCCCCCS(=O)(=O)[NH+]([O-])S(=O)[O-]. The Labute approximate surface area is 118 Å². The predicted molar refractivity (Wildman–Crippen MR) is 74.3 cm³/mol. The second kappa shape index (κ2) is 10.7. The van der Waals surface area contributed by atoms with Crippen LogP contribution in [0.5, 0.6) is 0 Å². The van der Waals surface area contributed by atoms with Gasteiger partial charge >= 0.3 is 10.0 Å². The van der Waals surface area contributed by atoms with Gasteiger partial charge in [0.25, 0.3) is 0 Å². The molecule has 0 spiro atoms. The Hall–Kier alpha value is -0.0200. The first-order chi connectivity index (χ1) is 8.91. The Morgan fingerprint density at radius 1 is 0.947 bits per heavy atom. The molecule has 2 unspecified atom stereocenters. The Kier molecular flexibility index (Phi) is 10.7. The number of hydrogen-bond acceptors (Lipinski definition) is 5. The lowest BCUT2D eigenvalue weighted by atomic mass is 10.1. The van der Waals surface area contributed by atoms with Crippen LogP contribution in [0.4, 0.5) is 0 Å². The highest BCUT2D eigenvalue weighted by Crippen LogP contribution is 2.09. The van der Waals surface area contributed by atoms with Gasteiger partial charge in [-0.25, -0.2) is 4.21 Å². The summed E-state index contributed by atoms with van der Waals surface area (Å²) in [4.78, 5) is 0. The van der Waals surface area contributed by atoms with Gasteiger partial charge in [-0.2, -0.15) is 12.3 Å². The van der Waals surface area contributed by atoms with Crippen molar-refractivity contribution in [2.24, 2.45) is 0 Å². The summed E-state index contributed by atoms with van der Waals surface area (Å²) in [5.41, 5.74) is 0. The summed E-state index contributed by atoms with van der Waals surface area (Å²) in [6, 6.07) is 0. The van der Waals surface area contributed by atoms with Crippen LogP contribution in [-0.4, -0.2) is 22.9 Å². The molecule has 0 aromatic rings. The van der Waals surface area contributed by atoms with Crippen molar-refractivity contribution in [2.75, 3.05) is 5.75 Å². The van der Waals surface area contributed by atoms with Crippen molar-refractivity contribution in [2.45, 2.75) is 64.7 Å². The molecule has 0 bridgehead atoms. The van der Waals surface area contributed by atoms with E-state index in [4.69, 9.17) is 0 Å². The van der Waals surface area contributed by atoms with Crippen LogP contribution in [0, 0.1) is 5.21 Å². The largest absolute Gasteiger partial charge is 0.723 e. The van der Waals surface area contributed by atoms with E-state index in [1.807, 2.05) is 0 Å². The van der Waals surface area contributed by atoms with Gasteiger partial charge in [0.1, 0.15) is 5.75 Å². The number of nitrogens with one attached hydrogen (secondary N) is 1. The zero-order valence-corrected chi connectivity index (χ0v) is 13.1. The molecular formula is C11H24NO5S2-. The van der Waals surface area contributed by atoms with E-state index in [9.17, 15) is 22.4 Å². The van der Waals surface area contributed by atoms with Crippen molar-refractivity contribution in [3.05, 3.63) is 5.21 Å². The third kappa shape index (κ3) is 9.50. The lowest BCUT2D eigenvalue weighted by Crippen LogP contribution is -3.09. The number of unbranched alkanes of at least 4 members (excludes halogenated alkanes) is 8. The molecule has 0 radical (unpaired) electrons. The van der Waals surface area contributed by atoms with Crippen molar-refractivity contribution in [3.8, 4) is 0 Å². The monoisotopic (exact) mass is 314 g/mol. The van der Waals surface area contributed by atoms with Crippen LogP contribution in [0.25, 0.3) is 0 Å². The van der Waals surface area contributed by atoms with Crippen LogP contribution in [0.1, 0.15) is 64.7 Å². The normalized spacial score (nSPS) is 15.3. The van der Waals surface area contributed by atoms with Gasteiger partial charge in [-0.15, -0.1) is 0 Å². The average molecular weight is 314 g/mol. The quantitative estimate of drug-likeness (QED) is 0.329. The highest BCUT2D eigenvalue weighted by molar-refractivity contribution is 7.92. The van der Waals surface area contributed by atoms with Gasteiger partial charge in [-0.3, -0.25) is 0 Å². The molecule has 0 aromatic heterocycles. The Morgan fingerprint density at radius 2 is 1.37 bits per heavy atom. The predicted octanol–water partition coefficient (Wildman–Crippen LogP) is 1.02. The summed E-state index contributed by atoms with van der Waals surface area (Å²) in [6.45, 7) is 2.16. The van der Waals surface area contributed by atoms with Gasteiger partial charge < -0.3 is 9.76 Å². The third-order valence-electron chi connectivity index (χ3n) is 2.91. The van der Waals surface area contributed by atoms with Gasteiger partial charge in [0.15, 0.2) is 11.3 Å².